The lowest BCUT2D eigenvalue weighted by atomic mass is 10.1. The zero-order valence-electron chi connectivity index (χ0n) is 10.8. The average Bonchev–Trinajstić information content (AvgIpc) is 2.46. The van der Waals surface area contributed by atoms with Gasteiger partial charge in [-0.1, -0.05) is 18.2 Å². The molecule has 104 valence electrons. The molecule has 0 aromatic heterocycles. The van der Waals surface area contributed by atoms with Crippen molar-refractivity contribution in [1.82, 2.24) is 0 Å². The van der Waals surface area contributed by atoms with Crippen LogP contribution in [0.3, 0.4) is 0 Å². The number of ether oxygens (including phenoxy) is 1. The number of halogens is 2. The summed E-state index contributed by atoms with van der Waals surface area (Å²) in [5, 5.41) is 2.63. The van der Waals surface area contributed by atoms with Gasteiger partial charge < -0.3 is 10.1 Å². The monoisotopic (exact) mass is 293 g/mol. The Morgan fingerprint density at radius 3 is 2.75 bits per heavy atom. The predicted octanol–water partition coefficient (Wildman–Crippen LogP) is 3.83. The Bertz CT molecular complexity index is 631. The molecule has 0 bridgehead atoms. The van der Waals surface area contributed by atoms with Gasteiger partial charge in [0.2, 0.25) is 0 Å². The fraction of sp³-hybridized carbons (Fsp3) is 0.133. The van der Waals surface area contributed by atoms with Crippen LogP contribution in [0.5, 0.6) is 5.75 Å². The van der Waals surface area contributed by atoms with E-state index in [-0.39, 0.29) is 11.3 Å². The number of nitrogens with one attached hydrogen (secondary N) is 1. The summed E-state index contributed by atoms with van der Waals surface area (Å²) in [7, 11) is 1.39. The van der Waals surface area contributed by atoms with E-state index in [1.165, 1.54) is 25.3 Å². The summed E-state index contributed by atoms with van der Waals surface area (Å²) < 4.78 is 18.8. The van der Waals surface area contributed by atoms with Crippen LogP contribution in [0.2, 0.25) is 0 Å². The van der Waals surface area contributed by atoms with Gasteiger partial charge in [-0.2, -0.15) is 0 Å². The Labute approximate surface area is 121 Å². The molecule has 0 radical (unpaired) electrons. The molecule has 5 heteroatoms. The second-order valence-electron chi connectivity index (χ2n) is 4.11. The molecule has 0 saturated heterocycles. The van der Waals surface area contributed by atoms with E-state index in [2.05, 4.69) is 5.32 Å². The lowest BCUT2D eigenvalue weighted by molar-refractivity contribution is 0.102. The van der Waals surface area contributed by atoms with E-state index in [0.717, 1.165) is 5.56 Å². The minimum atomic E-state index is -0.629. The van der Waals surface area contributed by atoms with Gasteiger partial charge in [0.1, 0.15) is 17.1 Å². The third-order valence-electron chi connectivity index (χ3n) is 2.76. The number of rotatable bonds is 4. The fourth-order valence-corrected chi connectivity index (χ4v) is 1.99. The zero-order valence-corrected chi connectivity index (χ0v) is 11.6. The van der Waals surface area contributed by atoms with Gasteiger partial charge in [-0.25, -0.2) is 4.39 Å². The van der Waals surface area contributed by atoms with Gasteiger partial charge in [0, 0.05) is 11.6 Å². The predicted molar refractivity (Wildman–Crippen MR) is 76.9 cm³/mol. The second kappa shape index (κ2) is 6.39. The summed E-state index contributed by atoms with van der Waals surface area (Å²) in [4.78, 5) is 12.2. The molecule has 20 heavy (non-hydrogen) atoms. The maximum Gasteiger partial charge on any atom is 0.262 e. The first-order chi connectivity index (χ1) is 9.65. The molecule has 0 fully saturated rings. The van der Waals surface area contributed by atoms with Crippen LogP contribution in [0.25, 0.3) is 0 Å². The summed E-state index contributed by atoms with van der Waals surface area (Å²) in [5.41, 5.74) is 1.30. The first kappa shape index (κ1) is 14.3. The van der Waals surface area contributed by atoms with Crippen molar-refractivity contribution < 1.29 is 13.9 Å². The number of alkyl halides is 1. The number of benzene rings is 2. The molecule has 1 amide bonds. The summed E-state index contributed by atoms with van der Waals surface area (Å²) in [6, 6.07) is 11.3. The van der Waals surface area contributed by atoms with E-state index < -0.39 is 11.7 Å². The Hall–Kier alpha value is -2.07. The van der Waals surface area contributed by atoms with Gasteiger partial charge in [0.05, 0.1) is 7.11 Å². The summed E-state index contributed by atoms with van der Waals surface area (Å²) >= 11 is 5.73. The van der Waals surface area contributed by atoms with E-state index in [1.54, 1.807) is 18.2 Å². The zero-order chi connectivity index (χ0) is 14.5. The number of anilines is 1. The molecule has 2 aromatic carbocycles. The summed E-state index contributed by atoms with van der Waals surface area (Å²) in [5.74, 6) is -0.662. The maximum absolute atomic E-state index is 13.8. The highest BCUT2D eigenvalue weighted by Gasteiger charge is 2.17. The first-order valence-corrected chi connectivity index (χ1v) is 6.48. The molecular weight excluding hydrogens is 281 g/mol. The number of hydrogen-bond donors (Lipinski definition) is 1. The van der Waals surface area contributed by atoms with Crippen molar-refractivity contribution in [2.75, 3.05) is 12.4 Å². The molecule has 3 nitrogen and oxygen atoms in total. The maximum atomic E-state index is 13.8. The number of methoxy groups -OCH3 is 1. The van der Waals surface area contributed by atoms with Crippen molar-refractivity contribution in [2.45, 2.75) is 5.88 Å². The van der Waals surface area contributed by atoms with Crippen molar-refractivity contribution in [3.63, 3.8) is 0 Å². The van der Waals surface area contributed by atoms with Crippen molar-refractivity contribution in [3.05, 3.63) is 59.4 Å². The SMILES string of the molecule is COc1cccc(F)c1C(=O)Nc1cccc(CCl)c1. The van der Waals surface area contributed by atoms with E-state index in [9.17, 15) is 9.18 Å². The third-order valence-corrected chi connectivity index (χ3v) is 3.07. The van der Waals surface area contributed by atoms with Crippen molar-refractivity contribution in [1.29, 1.82) is 0 Å². The third kappa shape index (κ3) is 3.08. The Kier molecular flexibility index (Phi) is 4.58. The smallest absolute Gasteiger partial charge is 0.262 e. The van der Waals surface area contributed by atoms with Crippen LogP contribution >= 0.6 is 11.6 Å². The van der Waals surface area contributed by atoms with Crippen LogP contribution in [-0.4, -0.2) is 13.0 Å². The number of carbonyl (C=O) groups is 1. The van der Waals surface area contributed by atoms with E-state index in [4.69, 9.17) is 16.3 Å². The number of amides is 1. The van der Waals surface area contributed by atoms with Crippen LogP contribution < -0.4 is 10.1 Å². The lowest BCUT2D eigenvalue weighted by Gasteiger charge is -2.10. The molecule has 0 heterocycles. The van der Waals surface area contributed by atoms with Crippen molar-refractivity contribution >= 4 is 23.2 Å². The largest absolute Gasteiger partial charge is 0.496 e. The van der Waals surface area contributed by atoms with Crippen LogP contribution in [0.1, 0.15) is 15.9 Å². The van der Waals surface area contributed by atoms with E-state index >= 15 is 0 Å². The molecule has 0 aliphatic carbocycles. The topological polar surface area (TPSA) is 38.3 Å². The van der Waals surface area contributed by atoms with Crippen LogP contribution in [0.15, 0.2) is 42.5 Å². The molecule has 0 saturated carbocycles. The van der Waals surface area contributed by atoms with Crippen molar-refractivity contribution in [3.8, 4) is 5.75 Å². The van der Waals surface area contributed by atoms with Crippen LogP contribution in [0.4, 0.5) is 10.1 Å². The highest BCUT2D eigenvalue weighted by Crippen LogP contribution is 2.23. The van der Waals surface area contributed by atoms with E-state index in [1.807, 2.05) is 6.07 Å². The average molecular weight is 294 g/mol. The molecule has 0 aliphatic rings. The second-order valence-corrected chi connectivity index (χ2v) is 4.37. The fourth-order valence-electron chi connectivity index (χ4n) is 1.82. The Morgan fingerprint density at radius 2 is 2.05 bits per heavy atom. The quantitative estimate of drug-likeness (QED) is 0.870. The van der Waals surface area contributed by atoms with Gasteiger partial charge >= 0.3 is 0 Å². The van der Waals surface area contributed by atoms with Gasteiger partial charge in [-0.15, -0.1) is 11.6 Å². The molecule has 0 unspecified atom stereocenters. The summed E-state index contributed by atoms with van der Waals surface area (Å²) in [6.07, 6.45) is 0. The van der Waals surface area contributed by atoms with Crippen molar-refractivity contribution in [2.24, 2.45) is 0 Å². The molecule has 2 rings (SSSR count). The standard InChI is InChI=1S/C15H13ClFNO2/c1-20-13-7-3-6-12(17)14(13)15(19)18-11-5-2-4-10(8-11)9-16/h2-8H,9H2,1H3,(H,18,19). The molecule has 2 aromatic rings. The Balaban J connectivity index is 2.28. The normalized spacial score (nSPS) is 10.2. The Morgan fingerprint density at radius 1 is 1.30 bits per heavy atom. The highest BCUT2D eigenvalue weighted by molar-refractivity contribution is 6.17. The molecule has 0 atom stereocenters. The molecular formula is C15H13ClFNO2. The lowest BCUT2D eigenvalue weighted by Crippen LogP contribution is -2.15. The number of hydrogen-bond acceptors (Lipinski definition) is 2. The minimum Gasteiger partial charge on any atom is -0.496 e. The first-order valence-electron chi connectivity index (χ1n) is 5.94. The van der Waals surface area contributed by atoms with E-state index in [0.29, 0.717) is 11.6 Å². The van der Waals surface area contributed by atoms with Crippen LogP contribution in [-0.2, 0) is 5.88 Å². The molecule has 0 spiro atoms. The number of carbonyl (C=O) groups excluding carboxylic acids is 1. The van der Waals surface area contributed by atoms with Gasteiger partial charge in [-0.05, 0) is 29.8 Å². The highest BCUT2D eigenvalue weighted by atomic mass is 35.5. The summed E-state index contributed by atoms with van der Waals surface area (Å²) in [6.45, 7) is 0. The van der Waals surface area contributed by atoms with Gasteiger partial charge in [0.25, 0.3) is 5.91 Å². The minimum absolute atomic E-state index is 0.119. The van der Waals surface area contributed by atoms with Gasteiger partial charge in [-0.3, -0.25) is 4.79 Å². The molecule has 1 N–H and O–H groups in total. The van der Waals surface area contributed by atoms with Crippen LogP contribution in [0, 0.1) is 5.82 Å². The van der Waals surface area contributed by atoms with Gasteiger partial charge in [0.15, 0.2) is 0 Å². The molecule has 0 aliphatic heterocycles.